The highest BCUT2D eigenvalue weighted by atomic mass is 15.1. The van der Waals surface area contributed by atoms with Crippen LogP contribution in [0.4, 0.5) is 0 Å². The molecule has 0 spiro atoms. The Bertz CT molecular complexity index is 2640. The minimum Gasteiger partial charge on any atom is -0.383 e. The third-order valence-electron chi connectivity index (χ3n) is 9.48. The molecule has 1 atom stereocenters. The summed E-state index contributed by atoms with van der Waals surface area (Å²) in [6.07, 6.45) is 1.52. The number of para-hydroxylation sites is 3. The minimum absolute atomic E-state index is 0.401. The van der Waals surface area contributed by atoms with Crippen molar-refractivity contribution in [2.24, 2.45) is 10.7 Å². The van der Waals surface area contributed by atoms with E-state index in [1.165, 1.54) is 32.6 Å². The number of fused-ring (bicyclic) bond motifs is 7. The van der Waals surface area contributed by atoms with Gasteiger partial charge < -0.3 is 10.3 Å². The molecule has 3 N–H and O–H groups in total. The predicted octanol–water partition coefficient (Wildman–Crippen LogP) is 9.47. The second-order valence-electron chi connectivity index (χ2n) is 12.5. The van der Waals surface area contributed by atoms with Gasteiger partial charge in [0, 0.05) is 51.1 Å². The van der Waals surface area contributed by atoms with Crippen LogP contribution in [0.2, 0.25) is 0 Å². The smallest absolute Gasteiger partial charge is 0.137 e. The lowest BCUT2D eigenvalue weighted by atomic mass is 10.1. The fourth-order valence-electron chi connectivity index (χ4n) is 7.15. The van der Waals surface area contributed by atoms with E-state index < -0.39 is 6.17 Å². The first-order valence-corrected chi connectivity index (χ1v) is 16.9. The van der Waals surface area contributed by atoms with Crippen LogP contribution in [0.15, 0.2) is 175 Å². The summed E-state index contributed by atoms with van der Waals surface area (Å²) < 4.78 is 4.70. The minimum atomic E-state index is -0.401. The van der Waals surface area contributed by atoms with Gasteiger partial charge in [-0.1, -0.05) is 133 Å². The van der Waals surface area contributed by atoms with E-state index in [2.05, 4.69) is 130 Å². The first-order valence-electron chi connectivity index (χ1n) is 16.9. The third kappa shape index (κ3) is 5.10. The molecule has 9 rings (SSSR count). The van der Waals surface area contributed by atoms with Gasteiger partial charge in [0.05, 0.1) is 22.1 Å². The van der Waals surface area contributed by atoms with E-state index in [0.29, 0.717) is 12.4 Å². The molecule has 3 aromatic heterocycles. The fourth-order valence-corrected chi connectivity index (χ4v) is 7.15. The number of nitrogens with zero attached hydrogens (tertiary/aromatic N) is 4. The van der Waals surface area contributed by atoms with Crippen LogP contribution in [0.1, 0.15) is 22.9 Å². The van der Waals surface area contributed by atoms with E-state index in [-0.39, 0.29) is 0 Å². The van der Waals surface area contributed by atoms with Crippen LogP contribution in [-0.4, -0.2) is 20.0 Å². The van der Waals surface area contributed by atoms with E-state index in [9.17, 15) is 0 Å². The van der Waals surface area contributed by atoms with Crippen molar-refractivity contribution >= 4 is 49.4 Å². The van der Waals surface area contributed by atoms with Crippen molar-refractivity contribution in [1.82, 2.24) is 19.4 Å². The van der Waals surface area contributed by atoms with Crippen LogP contribution in [0, 0.1) is 0 Å². The molecule has 0 fully saturated rings. The summed E-state index contributed by atoms with van der Waals surface area (Å²) in [6.45, 7) is 0.633. The van der Waals surface area contributed by atoms with Crippen molar-refractivity contribution < 1.29 is 0 Å². The van der Waals surface area contributed by atoms with Crippen LogP contribution in [0.25, 0.3) is 55.1 Å². The van der Waals surface area contributed by atoms with Gasteiger partial charge in [-0.3, -0.25) is 9.88 Å². The lowest BCUT2D eigenvalue weighted by Crippen LogP contribution is -2.24. The zero-order valence-electron chi connectivity index (χ0n) is 27.3. The number of amidine groups is 1. The van der Waals surface area contributed by atoms with E-state index in [4.69, 9.17) is 15.7 Å². The number of nitrogens with one attached hydrogen (secondary N) is 1. The number of aliphatic imine (C=N–C) groups is 1. The summed E-state index contributed by atoms with van der Waals surface area (Å²) in [4.78, 5) is 10.1. The molecule has 1 unspecified atom stereocenters. The molecule has 3 heterocycles. The average molecular weight is 647 g/mol. The molecule has 0 bridgehead atoms. The highest BCUT2D eigenvalue weighted by molar-refractivity contribution is 6.23. The Morgan fingerprint density at radius 1 is 0.580 bits per heavy atom. The molecule has 0 amide bonds. The molecule has 0 saturated carbocycles. The fraction of sp³-hybridized carbons (Fsp3) is 0.0455. The zero-order valence-corrected chi connectivity index (χ0v) is 27.3. The van der Waals surface area contributed by atoms with Gasteiger partial charge in [-0.15, -0.1) is 0 Å². The molecule has 9 aromatic rings. The molecule has 0 aliphatic heterocycles. The molecule has 0 aliphatic rings. The third-order valence-corrected chi connectivity index (χ3v) is 9.48. The largest absolute Gasteiger partial charge is 0.383 e. The molecule has 6 nitrogen and oxygen atoms in total. The molecule has 6 aromatic carbocycles. The average Bonchev–Trinajstić information content (AvgIpc) is 3.71. The highest BCUT2D eigenvalue weighted by Crippen LogP contribution is 2.41. The second kappa shape index (κ2) is 12.5. The number of aromatic nitrogens is 3. The summed E-state index contributed by atoms with van der Waals surface area (Å²) in [5, 5.41) is 8.40. The van der Waals surface area contributed by atoms with Crippen LogP contribution in [0.3, 0.4) is 0 Å². The molecule has 0 saturated heterocycles. The maximum Gasteiger partial charge on any atom is 0.137 e. The van der Waals surface area contributed by atoms with Gasteiger partial charge in [0.25, 0.3) is 0 Å². The first kappa shape index (κ1) is 29.6. The van der Waals surface area contributed by atoms with E-state index in [1.807, 2.05) is 54.7 Å². The molecular weight excluding hydrogens is 613 g/mol. The monoisotopic (exact) mass is 646 g/mol. The van der Waals surface area contributed by atoms with Crippen molar-refractivity contribution in [3.05, 3.63) is 187 Å². The van der Waals surface area contributed by atoms with Crippen molar-refractivity contribution in [2.75, 3.05) is 0 Å². The van der Waals surface area contributed by atoms with Gasteiger partial charge in [-0.05, 0) is 35.9 Å². The number of benzene rings is 6. The Kier molecular flexibility index (Phi) is 7.41. The van der Waals surface area contributed by atoms with Gasteiger partial charge >= 0.3 is 0 Å². The Morgan fingerprint density at radius 2 is 1.14 bits per heavy atom. The summed E-state index contributed by atoms with van der Waals surface area (Å²) >= 11 is 0. The summed E-state index contributed by atoms with van der Waals surface area (Å²) in [7, 11) is 0. The van der Waals surface area contributed by atoms with Crippen molar-refractivity contribution in [2.45, 2.75) is 12.7 Å². The van der Waals surface area contributed by atoms with E-state index >= 15 is 0 Å². The normalized spacial score (nSPS) is 12.7. The Labute approximate surface area is 289 Å². The standard InChI is InChI=1S/C44H34N6/c45-43(31-16-6-2-7-17-31)48-44(47-28-30-14-4-1-5-15-30)32-24-27-40(46-29-32)50-39-23-13-11-21-35(39)37-26-25-36-34-20-10-12-22-38(34)49(41(36)42(37)50)33-18-8-3-9-19-33/h1-27,29,44,47H,28H2,(H2,45,48). The zero-order chi connectivity index (χ0) is 33.4. The molecule has 0 radical (unpaired) electrons. The Morgan fingerprint density at radius 3 is 1.78 bits per heavy atom. The Balaban J connectivity index is 1.23. The second-order valence-corrected chi connectivity index (χ2v) is 12.5. The van der Waals surface area contributed by atoms with Gasteiger partial charge in [-0.25, -0.2) is 9.98 Å². The lowest BCUT2D eigenvalue weighted by Gasteiger charge is -2.17. The first-order chi connectivity index (χ1) is 24.7. The van der Waals surface area contributed by atoms with Crippen LogP contribution >= 0.6 is 0 Å². The van der Waals surface area contributed by atoms with E-state index in [0.717, 1.165) is 39.2 Å². The van der Waals surface area contributed by atoms with Gasteiger partial charge in [-0.2, -0.15) is 0 Å². The summed E-state index contributed by atoms with van der Waals surface area (Å²) in [5.41, 5.74) is 15.2. The summed E-state index contributed by atoms with van der Waals surface area (Å²) in [6, 6.07) is 56.8. The molecule has 6 heteroatoms. The lowest BCUT2D eigenvalue weighted by molar-refractivity contribution is 0.552. The van der Waals surface area contributed by atoms with Gasteiger partial charge in [0.15, 0.2) is 0 Å². The number of hydrogen-bond donors (Lipinski definition) is 2. The quantitative estimate of drug-likeness (QED) is 0.128. The summed E-state index contributed by atoms with van der Waals surface area (Å²) in [5.74, 6) is 1.30. The van der Waals surface area contributed by atoms with Crippen molar-refractivity contribution in [3.8, 4) is 11.5 Å². The van der Waals surface area contributed by atoms with Gasteiger partial charge in [0.2, 0.25) is 0 Å². The van der Waals surface area contributed by atoms with E-state index in [1.54, 1.807) is 0 Å². The number of nitrogens with two attached hydrogens (primary N) is 1. The number of hydrogen-bond acceptors (Lipinski definition) is 3. The molecule has 0 aliphatic carbocycles. The molecule has 240 valence electrons. The van der Waals surface area contributed by atoms with Gasteiger partial charge in [0.1, 0.15) is 17.8 Å². The highest BCUT2D eigenvalue weighted by Gasteiger charge is 2.22. The Hall–Kier alpha value is -6.50. The maximum atomic E-state index is 6.56. The predicted molar refractivity (Wildman–Crippen MR) is 206 cm³/mol. The topological polar surface area (TPSA) is 73.2 Å². The van der Waals surface area contributed by atoms with Crippen LogP contribution in [0.5, 0.6) is 0 Å². The maximum absolute atomic E-state index is 6.56. The van der Waals surface area contributed by atoms with Crippen LogP contribution in [-0.2, 0) is 6.54 Å². The van der Waals surface area contributed by atoms with Crippen molar-refractivity contribution in [1.29, 1.82) is 0 Å². The molecule has 50 heavy (non-hydrogen) atoms. The number of rotatable bonds is 8. The van der Waals surface area contributed by atoms with Crippen LogP contribution < -0.4 is 11.1 Å². The molecular formula is C44H34N6. The SMILES string of the molecule is NC(=NC(NCc1ccccc1)c1ccc(-n2c3ccccc3c3ccc4c5ccccc5n(-c5ccccc5)c4c32)nc1)c1ccccc1. The number of pyridine rings is 1. The van der Waals surface area contributed by atoms with Crippen molar-refractivity contribution in [3.63, 3.8) is 0 Å².